The maximum Gasteiger partial charge on any atom is 0.391 e. The minimum Gasteiger partial charge on any atom is -0.388 e. The summed E-state index contributed by atoms with van der Waals surface area (Å²) < 4.78 is 54.8. The van der Waals surface area contributed by atoms with Crippen LogP contribution in [0.25, 0.3) is 5.69 Å². The van der Waals surface area contributed by atoms with E-state index in [-0.39, 0.29) is 35.1 Å². The standard InChI is InChI=1S/C24H30ClF4N3O2/c1-4-19-31-20(22(33)30-13-23(34)9-7-14(2)8-10-23)21(25)32(19)18-6-5-16(12-17(18)26)11-15(3)24(27,28)29/h5-6,12,14-15,34H,4,7-11,13H2,1-3H3,(H,30,33). The normalized spacial score (nSPS) is 22.0. The lowest BCUT2D eigenvalue weighted by atomic mass is 9.79. The van der Waals surface area contributed by atoms with Gasteiger partial charge in [0.25, 0.3) is 5.91 Å². The van der Waals surface area contributed by atoms with Crippen molar-refractivity contribution in [2.75, 3.05) is 6.54 Å². The van der Waals surface area contributed by atoms with E-state index in [9.17, 15) is 27.5 Å². The molecule has 1 aliphatic carbocycles. The fourth-order valence-electron chi connectivity index (χ4n) is 4.20. The number of carbonyl (C=O) groups is 1. The van der Waals surface area contributed by atoms with Gasteiger partial charge in [0.1, 0.15) is 16.8 Å². The van der Waals surface area contributed by atoms with Crippen LogP contribution in [0.1, 0.15) is 68.3 Å². The van der Waals surface area contributed by atoms with E-state index >= 15 is 0 Å². The SMILES string of the molecule is CCc1nc(C(=O)NCC2(O)CCC(C)CC2)c(Cl)n1-c1ccc(CC(C)C(F)(F)F)cc1F. The molecular formula is C24H30ClF4N3O2. The largest absolute Gasteiger partial charge is 0.391 e. The fourth-order valence-corrected chi connectivity index (χ4v) is 4.52. The number of imidazole rings is 1. The van der Waals surface area contributed by atoms with Crippen LogP contribution in [0.5, 0.6) is 0 Å². The minimum absolute atomic E-state index is 0.00305. The number of amides is 1. The van der Waals surface area contributed by atoms with Gasteiger partial charge < -0.3 is 10.4 Å². The summed E-state index contributed by atoms with van der Waals surface area (Å²) in [6, 6.07) is 3.80. The van der Waals surface area contributed by atoms with E-state index < -0.39 is 29.4 Å². The number of carbonyl (C=O) groups excluding carboxylic acids is 1. The Labute approximate surface area is 201 Å². The molecule has 0 saturated heterocycles. The number of aliphatic hydroxyl groups is 1. The van der Waals surface area contributed by atoms with Gasteiger partial charge in [-0.15, -0.1) is 0 Å². The number of alkyl halides is 3. The Morgan fingerprint density at radius 1 is 1.35 bits per heavy atom. The third-order valence-corrected chi connectivity index (χ3v) is 6.91. The van der Waals surface area contributed by atoms with Crippen molar-refractivity contribution in [2.24, 2.45) is 11.8 Å². The van der Waals surface area contributed by atoms with Crippen LogP contribution in [0, 0.1) is 17.7 Å². The molecule has 1 aromatic carbocycles. The van der Waals surface area contributed by atoms with Crippen molar-refractivity contribution in [1.29, 1.82) is 0 Å². The molecule has 1 aliphatic rings. The number of aromatic nitrogens is 2. The van der Waals surface area contributed by atoms with E-state index in [0.717, 1.165) is 25.8 Å². The van der Waals surface area contributed by atoms with Gasteiger partial charge in [0, 0.05) is 13.0 Å². The molecule has 1 aromatic heterocycles. The van der Waals surface area contributed by atoms with Gasteiger partial charge in [-0.1, -0.05) is 38.4 Å². The molecule has 0 spiro atoms. The van der Waals surface area contributed by atoms with Crippen molar-refractivity contribution in [3.8, 4) is 5.69 Å². The average Bonchev–Trinajstić information content (AvgIpc) is 3.10. The molecule has 5 nitrogen and oxygen atoms in total. The highest BCUT2D eigenvalue weighted by molar-refractivity contribution is 6.32. The molecule has 1 fully saturated rings. The molecule has 1 unspecified atom stereocenters. The monoisotopic (exact) mass is 503 g/mol. The Morgan fingerprint density at radius 3 is 2.56 bits per heavy atom. The van der Waals surface area contributed by atoms with Crippen molar-refractivity contribution in [3.05, 3.63) is 46.3 Å². The predicted octanol–water partition coefficient (Wildman–Crippen LogP) is 5.64. The summed E-state index contributed by atoms with van der Waals surface area (Å²) in [5.41, 5.74) is -0.883. The zero-order valence-corrected chi connectivity index (χ0v) is 20.2. The minimum atomic E-state index is -4.37. The number of rotatable bonds is 7. The van der Waals surface area contributed by atoms with E-state index in [1.165, 1.54) is 16.7 Å². The quantitative estimate of drug-likeness (QED) is 0.480. The van der Waals surface area contributed by atoms with Crippen LogP contribution in [-0.4, -0.2) is 38.9 Å². The first-order valence-corrected chi connectivity index (χ1v) is 11.9. The van der Waals surface area contributed by atoms with Gasteiger partial charge in [-0.3, -0.25) is 9.36 Å². The molecule has 1 heterocycles. The molecule has 0 bridgehead atoms. The zero-order chi connectivity index (χ0) is 25.3. The third-order valence-electron chi connectivity index (χ3n) is 6.56. The van der Waals surface area contributed by atoms with Gasteiger partial charge in [0.15, 0.2) is 5.69 Å². The first-order valence-electron chi connectivity index (χ1n) is 11.5. The first kappa shape index (κ1) is 26.5. The molecular weight excluding hydrogens is 474 g/mol. The summed E-state index contributed by atoms with van der Waals surface area (Å²) in [5.74, 6) is -2.10. The highest BCUT2D eigenvalue weighted by Gasteiger charge is 2.36. The van der Waals surface area contributed by atoms with Crippen molar-refractivity contribution < 1.29 is 27.5 Å². The Morgan fingerprint density at radius 2 is 2.00 bits per heavy atom. The van der Waals surface area contributed by atoms with Crippen molar-refractivity contribution in [2.45, 2.75) is 71.1 Å². The molecule has 0 aliphatic heterocycles. The maximum atomic E-state index is 14.9. The second-order valence-corrected chi connectivity index (χ2v) is 9.74. The van der Waals surface area contributed by atoms with Crippen molar-refractivity contribution >= 4 is 17.5 Å². The lowest BCUT2D eigenvalue weighted by molar-refractivity contribution is -0.169. The number of halogens is 5. The van der Waals surface area contributed by atoms with Crippen LogP contribution in [0.4, 0.5) is 17.6 Å². The number of nitrogens with one attached hydrogen (secondary N) is 1. The summed E-state index contributed by atoms with van der Waals surface area (Å²) in [6.45, 7) is 4.99. The summed E-state index contributed by atoms with van der Waals surface area (Å²) >= 11 is 6.43. The Bertz CT molecular complexity index is 1030. The molecule has 1 amide bonds. The highest BCUT2D eigenvalue weighted by Crippen LogP contribution is 2.32. The summed E-state index contributed by atoms with van der Waals surface area (Å²) in [4.78, 5) is 17.1. The van der Waals surface area contributed by atoms with E-state index in [1.807, 2.05) is 0 Å². The molecule has 34 heavy (non-hydrogen) atoms. The lowest BCUT2D eigenvalue weighted by Gasteiger charge is -2.34. The molecule has 10 heteroatoms. The molecule has 0 radical (unpaired) electrons. The van der Waals surface area contributed by atoms with Gasteiger partial charge in [0.2, 0.25) is 0 Å². The molecule has 3 rings (SSSR count). The van der Waals surface area contributed by atoms with E-state index in [0.29, 0.717) is 31.0 Å². The van der Waals surface area contributed by atoms with Crippen LogP contribution in [0.2, 0.25) is 5.15 Å². The van der Waals surface area contributed by atoms with Gasteiger partial charge in [-0.25, -0.2) is 9.37 Å². The number of aryl methyl sites for hydroxylation is 1. The highest BCUT2D eigenvalue weighted by atomic mass is 35.5. The van der Waals surface area contributed by atoms with Crippen molar-refractivity contribution in [1.82, 2.24) is 14.9 Å². The lowest BCUT2D eigenvalue weighted by Crippen LogP contribution is -2.45. The van der Waals surface area contributed by atoms with Crippen molar-refractivity contribution in [3.63, 3.8) is 0 Å². The number of hydrogen-bond acceptors (Lipinski definition) is 3. The molecule has 188 valence electrons. The number of hydrogen-bond donors (Lipinski definition) is 2. The van der Waals surface area contributed by atoms with Crippen LogP contribution < -0.4 is 5.32 Å². The topological polar surface area (TPSA) is 67.2 Å². The number of benzene rings is 1. The van der Waals surface area contributed by atoms with Crippen LogP contribution in [-0.2, 0) is 12.8 Å². The summed E-state index contributed by atoms with van der Waals surface area (Å²) in [5, 5.41) is 13.3. The molecule has 1 atom stereocenters. The van der Waals surface area contributed by atoms with Crippen LogP contribution >= 0.6 is 11.6 Å². The molecule has 2 aromatic rings. The first-order chi connectivity index (χ1) is 15.8. The predicted molar refractivity (Wildman–Crippen MR) is 122 cm³/mol. The third kappa shape index (κ3) is 5.92. The zero-order valence-electron chi connectivity index (χ0n) is 19.5. The Balaban J connectivity index is 1.81. The van der Waals surface area contributed by atoms with Gasteiger partial charge in [-0.2, -0.15) is 13.2 Å². The molecule has 2 N–H and O–H groups in total. The Kier molecular flexibility index (Phi) is 7.97. The van der Waals surface area contributed by atoms with E-state index in [4.69, 9.17) is 11.6 Å². The van der Waals surface area contributed by atoms with Crippen LogP contribution in [0.15, 0.2) is 18.2 Å². The molecule has 1 saturated carbocycles. The van der Waals surface area contributed by atoms with Crippen LogP contribution in [0.3, 0.4) is 0 Å². The van der Waals surface area contributed by atoms with E-state index in [2.05, 4.69) is 17.2 Å². The fraction of sp³-hybridized carbons (Fsp3) is 0.583. The summed E-state index contributed by atoms with van der Waals surface area (Å²) in [7, 11) is 0. The van der Waals surface area contributed by atoms with Gasteiger partial charge in [-0.05, 0) is 55.7 Å². The average molecular weight is 504 g/mol. The second-order valence-electron chi connectivity index (χ2n) is 9.38. The summed E-state index contributed by atoms with van der Waals surface area (Å²) in [6.07, 6.45) is -1.47. The van der Waals surface area contributed by atoms with Gasteiger partial charge >= 0.3 is 6.18 Å². The smallest absolute Gasteiger partial charge is 0.388 e. The maximum absolute atomic E-state index is 14.9. The number of nitrogens with zero attached hydrogens (tertiary/aromatic N) is 2. The van der Waals surface area contributed by atoms with Gasteiger partial charge in [0.05, 0.1) is 17.2 Å². The van der Waals surface area contributed by atoms with E-state index in [1.54, 1.807) is 6.92 Å². The second kappa shape index (κ2) is 10.2. The Hall–Kier alpha value is -2.13.